The van der Waals surface area contributed by atoms with Crippen molar-refractivity contribution in [3.63, 3.8) is 0 Å². The lowest BCUT2D eigenvalue weighted by Crippen LogP contribution is -2.34. The van der Waals surface area contributed by atoms with Gasteiger partial charge in [-0.15, -0.1) is 0 Å². The summed E-state index contributed by atoms with van der Waals surface area (Å²) in [6.45, 7) is 1.38. The fourth-order valence-electron chi connectivity index (χ4n) is 1.56. The number of carbonyl (C=O) groups is 2. The standard InChI is InChI=1S/C13H18N2O5S/c1-3-7-21(18,19)14-9-12(16)15-11-6-4-5-10(8-11)13(17)20-2/h4-6,8,14H,3,7,9H2,1-2H3,(H,15,16). The third-order valence-electron chi connectivity index (χ3n) is 2.49. The minimum Gasteiger partial charge on any atom is -0.465 e. The summed E-state index contributed by atoms with van der Waals surface area (Å²) >= 11 is 0. The van der Waals surface area contributed by atoms with Crippen molar-refractivity contribution in [2.24, 2.45) is 0 Å². The fraction of sp³-hybridized carbons (Fsp3) is 0.385. The number of anilines is 1. The van der Waals surface area contributed by atoms with Gasteiger partial charge in [-0.2, -0.15) is 0 Å². The average molecular weight is 314 g/mol. The molecule has 21 heavy (non-hydrogen) atoms. The molecular formula is C13H18N2O5S. The van der Waals surface area contributed by atoms with E-state index in [0.717, 1.165) is 0 Å². The second-order valence-corrected chi connectivity index (χ2v) is 6.19. The Hall–Kier alpha value is -1.93. The molecule has 8 heteroatoms. The van der Waals surface area contributed by atoms with Crippen LogP contribution in [0.15, 0.2) is 24.3 Å². The lowest BCUT2D eigenvalue weighted by Gasteiger charge is -2.08. The smallest absolute Gasteiger partial charge is 0.337 e. The van der Waals surface area contributed by atoms with Gasteiger partial charge in [-0.1, -0.05) is 13.0 Å². The number of carbonyl (C=O) groups excluding carboxylic acids is 2. The van der Waals surface area contributed by atoms with E-state index in [2.05, 4.69) is 14.8 Å². The van der Waals surface area contributed by atoms with Crippen LogP contribution in [0.1, 0.15) is 23.7 Å². The molecule has 0 heterocycles. The molecule has 0 fully saturated rings. The second-order valence-electron chi connectivity index (χ2n) is 4.26. The van der Waals surface area contributed by atoms with Gasteiger partial charge in [-0.3, -0.25) is 4.79 Å². The van der Waals surface area contributed by atoms with Gasteiger partial charge in [0, 0.05) is 5.69 Å². The Labute approximate surface area is 123 Å². The van der Waals surface area contributed by atoms with Gasteiger partial charge in [-0.05, 0) is 24.6 Å². The summed E-state index contributed by atoms with van der Waals surface area (Å²) in [5.41, 5.74) is 0.680. The molecule has 0 unspecified atom stereocenters. The Bertz CT molecular complexity index is 613. The maximum atomic E-state index is 11.7. The number of esters is 1. The van der Waals surface area contributed by atoms with Gasteiger partial charge in [-0.25, -0.2) is 17.9 Å². The van der Waals surface area contributed by atoms with Crippen LogP contribution < -0.4 is 10.0 Å². The van der Waals surface area contributed by atoms with E-state index in [-0.39, 0.29) is 12.3 Å². The summed E-state index contributed by atoms with van der Waals surface area (Å²) in [4.78, 5) is 23.0. The van der Waals surface area contributed by atoms with E-state index in [1.807, 2.05) is 0 Å². The predicted molar refractivity (Wildman–Crippen MR) is 78.5 cm³/mol. The first-order valence-electron chi connectivity index (χ1n) is 6.33. The summed E-state index contributed by atoms with van der Waals surface area (Å²) in [7, 11) is -2.17. The molecule has 0 aliphatic carbocycles. The Kier molecular flexibility index (Phi) is 6.32. The van der Waals surface area contributed by atoms with Gasteiger partial charge >= 0.3 is 5.97 Å². The maximum absolute atomic E-state index is 11.7. The molecule has 0 aliphatic rings. The third kappa shape index (κ3) is 5.92. The van der Waals surface area contributed by atoms with Crippen LogP contribution in [-0.4, -0.2) is 39.7 Å². The van der Waals surface area contributed by atoms with Gasteiger partial charge in [0.25, 0.3) is 0 Å². The van der Waals surface area contributed by atoms with Gasteiger partial charge < -0.3 is 10.1 Å². The van der Waals surface area contributed by atoms with E-state index in [0.29, 0.717) is 17.7 Å². The van der Waals surface area contributed by atoms with Crippen LogP contribution in [-0.2, 0) is 19.6 Å². The van der Waals surface area contributed by atoms with Crippen LogP contribution in [0.25, 0.3) is 0 Å². The molecule has 2 N–H and O–H groups in total. The Morgan fingerprint density at radius 2 is 2.00 bits per heavy atom. The lowest BCUT2D eigenvalue weighted by molar-refractivity contribution is -0.115. The van der Waals surface area contributed by atoms with Gasteiger partial charge in [0.05, 0.1) is 25.0 Å². The van der Waals surface area contributed by atoms with Crippen LogP contribution in [0, 0.1) is 0 Å². The van der Waals surface area contributed by atoms with E-state index >= 15 is 0 Å². The number of hydrogen-bond donors (Lipinski definition) is 2. The summed E-state index contributed by atoms with van der Waals surface area (Å²) in [5, 5.41) is 2.50. The summed E-state index contributed by atoms with van der Waals surface area (Å²) in [5.74, 6) is -1.07. The number of rotatable bonds is 7. The Morgan fingerprint density at radius 3 is 2.62 bits per heavy atom. The van der Waals surface area contributed by atoms with Crippen LogP contribution in [0.2, 0.25) is 0 Å². The first-order chi connectivity index (χ1) is 9.88. The van der Waals surface area contributed by atoms with Gasteiger partial charge in [0.2, 0.25) is 15.9 Å². The number of amides is 1. The van der Waals surface area contributed by atoms with Crippen molar-refractivity contribution < 1.29 is 22.7 Å². The monoisotopic (exact) mass is 314 g/mol. The molecule has 7 nitrogen and oxygen atoms in total. The van der Waals surface area contributed by atoms with Gasteiger partial charge in [0.1, 0.15) is 0 Å². The molecule has 116 valence electrons. The maximum Gasteiger partial charge on any atom is 0.337 e. The largest absolute Gasteiger partial charge is 0.465 e. The number of methoxy groups -OCH3 is 1. The van der Waals surface area contributed by atoms with Crippen molar-refractivity contribution in [1.29, 1.82) is 0 Å². The zero-order chi connectivity index (χ0) is 15.9. The molecule has 0 aromatic heterocycles. The SMILES string of the molecule is CCCS(=O)(=O)NCC(=O)Nc1cccc(C(=O)OC)c1. The van der Waals surface area contributed by atoms with Crippen LogP contribution >= 0.6 is 0 Å². The molecule has 0 saturated heterocycles. The van der Waals surface area contributed by atoms with Crippen molar-refractivity contribution in [3.8, 4) is 0 Å². The molecule has 1 aromatic rings. The summed E-state index contributed by atoms with van der Waals surface area (Å²) < 4.78 is 29.6. The fourth-order valence-corrected chi connectivity index (χ4v) is 2.60. The Morgan fingerprint density at radius 1 is 1.29 bits per heavy atom. The van der Waals surface area contributed by atoms with Gasteiger partial charge in [0.15, 0.2) is 0 Å². The Balaban J connectivity index is 2.61. The van der Waals surface area contributed by atoms with E-state index < -0.39 is 21.9 Å². The topological polar surface area (TPSA) is 102 Å². The van der Waals surface area contributed by atoms with Crippen molar-refractivity contribution in [2.75, 3.05) is 24.7 Å². The average Bonchev–Trinajstić information content (AvgIpc) is 2.45. The molecular weight excluding hydrogens is 296 g/mol. The van der Waals surface area contributed by atoms with Crippen LogP contribution in [0.4, 0.5) is 5.69 Å². The predicted octanol–water partition coefficient (Wildman–Crippen LogP) is 0.741. The van der Waals surface area contributed by atoms with Crippen molar-refractivity contribution in [2.45, 2.75) is 13.3 Å². The molecule has 0 saturated carbocycles. The third-order valence-corrected chi connectivity index (χ3v) is 4.02. The van der Waals surface area contributed by atoms with E-state index in [4.69, 9.17) is 0 Å². The van der Waals surface area contributed by atoms with E-state index in [9.17, 15) is 18.0 Å². The molecule has 0 atom stereocenters. The number of nitrogens with one attached hydrogen (secondary N) is 2. The minimum atomic E-state index is -3.43. The number of hydrogen-bond acceptors (Lipinski definition) is 5. The van der Waals surface area contributed by atoms with Crippen LogP contribution in [0.3, 0.4) is 0 Å². The molecule has 1 amide bonds. The highest BCUT2D eigenvalue weighted by molar-refractivity contribution is 7.89. The highest BCUT2D eigenvalue weighted by Gasteiger charge is 2.12. The highest BCUT2D eigenvalue weighted by atomic mass is 32.2. The number of benzene rings is 1. The first kappa shape index (κ1) is 17.1. The van der Waals surface area contributed by atoms with E-state index in [1.165, 1.54) is 13.2 Å². The zero-order valence-electron chi connectivity index (χ0n) is 11.9. The molecule has 0 radical (unpaired) electrons. The van der Waals surface area contributed by atoms with Crippen molar-refractivity contribution in [1.82, 2.24) is 4.72 Å². The van der Waals surface area contributed by atoms with Crippen molar-refractivity contribution in [3.05, 3.63) is 29.8 Å². The molecule has 1 aromatic carbocycles. The molecule has 1 rings (SSSR count). The van der Waals surface area contributed by atoms with Crippen LogP contribution in [0.5, 0.6) is 0 Å². The molecule has 0 aliphatic heterocycles. The van der Waals surface area contributed by atoms with Crippen molar-refractivity contribution >= 4 is 27.6 Å². The summed E-state index contributed by atoms with van der Waals surface area (Å²) in [6.07, 6.45) is 0.470. The summed E-state index contributed by atoms with van der Waals surface area (Å²) in [6, 6.07) is 6.17. The minimum absolute atomic E-state index is 0.0297. The second kappa shape index (κ2) is 7.75. The molecule has 0 bridgehead atoms. The van der Waals surface area contributed by atoms with E-state index in [1.54, 1.807) is 25.1 Å². The molecule has 0 spiro atoms. The first-order valence-corrected chi connectivity index (χ1v) is 7.98. The lowest BCUT2D eigenvalue weighted by atomic mass is 10.2. The zero-order valence-corrected chi connectivity index (χ0v) is 12.7. The normalized spacial score (nSPS) is 11.0. The number of sulfonamides is 1. The quantitative estimate of drug-likeness (QED) is 0.723. The highest BCUT2D eigenvalue weighted by Crippen LogP contribution is 2.11. The number of ether oxygens (including phenoxy) is 1.